The van der Waals surface area contributed by atoms with Crippen LogP contribution in [0.3, 0.4) is 0 Å². The van der Waals surface area contributed by atoms with Gasteiger partial charge in [0.15, 0.2) is 17.7 Å². The van der Waals surface area contributed by atoms with Crippen molar-refractivity contribution in [2.75, 3.05) is 37.0 Å². The molecule has 229 valence electrons. The zero-order valence-corrected chi connectivity index (χ0v) is 25.1. The summed E-state index contributed by atoms with van der Waals surface area (Å²) < 4.78 is 17.1. The molecular formula is C31H39BN3O8. The molecule has 3 N–H and O–H groups in total. The van der Waals surface area contributed by atoms with Gasteiger partial charge in [-0.05, 0) is 36.6 Å². The van der Waals surface area contributed by atoms with E-state index in [4.69, 9.17) is 14.2 Å². The Labute approximate surface area is 252 Å². The molecule has 2 heterocycles. The Hall–Kier alpha value is -4.03. The average Bonchev–Trinajstić information content (AvgIpc) is 3.37. The van der Waals surface area contributed by atoms with Crippen LogP contribution in [0.5, 0.6) is 11.5 Å². The number of carbonyl (C=O) groups excluding carboxylic acids is 3. The number of aliphatic hydroxyl groups is 2. The zero-order chi connectivity index (χ0) is 31.3. The molecule has 4 rings (SSSR count). The molecule has 1 fully saturated rings. The Morgan fingerprint density at radius 2 is 1.91 bits per heavy atom. The van der Waals surface area contributed by atoms with Crippen molar-refractivity contribution in [2.24, 2.45) is 5.41 Å². The molecule has 2 atom stereocenters. The van der Waals surface area contributed by atoms with Crippen molar-refractivity contribution in [2.45, 2.75) is 58.9 Å². The smallest absolute Gasteiger partial charge is 0.416 e. The number of hydrogen-bond donors (Lipinski definition) is 3. The first-order chi connectivity index (χ1) is 20.5. The van der Waals surface area contributed by atoms with E-state index in [1.807, 2.05) is 6.92 Å². The number of unbranched alkanes of at least 4 members (excludes halogenated alkanes) is 1. The van der Waals surface area contributed by atoms with E-state index in [0.29, 0.717) is 35.8 Å². The number of fused-ring (bicyclic) bond motifs is 2. The van der Waals surface area contributed by atoms with E-state index in [0.717, 1.165) is 23.3 Å². The first kappa shape index (κ1) is 31.9. The molecule has 2 aliphatic heterocycles. The van der Waals surface area contributed by atoms with Crippen molar-refractivity contribution in [3.8, 4) is 11.5 Å². The van der Waals surface area contributed by atoms with Crippen LogP contribution in [-0.4, -0.2) is 79.3 Å². The number of aliphatic hydroxyl groups excluding tert-OH is 2. The summed E-state index contributed by atoms with van der Waals surface area (Å²) in [5.41, 5.74) is 1.28. The first-order valence-corrected chi connectivity index (χ1v) is 14.3. The Morgan fingerprint density at radius 3 is 2.56 bits per heavy atom. The van der Waals surface area contributed by atoms with Crippen LogP contribution in [0.4, 0.5) is 16.2 Å². The van der Waals surface area contributed by atoms with Crippen molar-refractivity contribution < 1.29 is 38.8 Å². The predicted molar refractivity (Wildman–Crippen MR) is 162 cm³/mol. The van der Waals surface area contributed by atoms with E-state index in [-0.39, 0.29) is 42.6 Å². The van der Waals surface area contributed by atoms with Gasteiger partial charge in [0.25, 0.3) is 5.91 Å². The predicted octanol–water partition coefficient (Wildman–Crippen LogP) is 3.70. The lowest BCUT2D eigenvalue weighted by molar-refractivity contribution is -0.121. The zero-order valence-electron chi connectivity index (χ0n) is 25.1. The summed E-state index contributed by atoms with van der Waals surface area (Å²) in [5, 5.41) is 23.8. The third-order valence-corrected chi connectivity index (χ3v) is 7.63. The van der Waals surface area contributed by atoms with Gasteiger partial charge in [0.05, 0.1) is 37.6 Å². The van der Waals surface area contributed by atoms with Crippen LogP contribution >= 0.6 is 0 Å². The van der Waals surface area contributed by atoms with Crippen LogP contribution in [-0.2, 0) is 16.1 Å². The normalized spacial score (nSPS) is 18.0. The third kappa shape index (κ3) is 6.97. The molecule has 2 aromatic rings. The number of anilines is 2. The van der Waals surface area contributed by atoms with E-state index in [1.54, 1.807) is 44.2 Å². The molecule has 12 heteroatoms. The highest BCUT2D eigenvalue weighted by atomic mass is 16.6. The largest absolute Gasteiger partial charge is 0.493 e. The maximum absolute atomic E-state index is 13.7. The van der Waals surface area contributed by atoms with Crippen molar-refractivity contribution in [3.05, 3.63) is 59.7 Å². The summed E-state index contributed by atoms with van der Waals surface area (Å²) >= 11 is 0. The van der Waals surface area contributed by atoms with Crippen molar-refractivity contribution >= 4 is 36.5 Å². The lowest BCUT2D eigenvalue weighted by Gasteiger charge is -2.31. The van der Waals surface area contributed by atoms with Gasteiger partial charge in [-0.2, -0.15) is 0 Å². The molecule has 2 amide bonds. The highest BCUT2D eigenvalue weighted by molar-refractivity contribution is 6.77. The summed E-state index contributed by atoms with van der Waals surface area (Å²) in [7, 11) is 2.78. The van der Waals surface area contributed by atoms with Gasteiger partial charge in [0.2, 0.25) is 0 Å². The number of methoxy groups -OCH3 is 1. The fourth-order valence-electron chi connectivity index (χ4n) is 4.85. The molecular weight excluding hydrogens is 553 g/mol. The van der Waals surface area contributed by atoms with E-state index in [1.165, 1.54) is 25.5 Å². The van der Waals surface area contributed by atoms with Crippen LogP contribution in [0.15, 0.2) is 48.6 Å². The number of hydrogen-bond acceptors (Lipinski definition) is 9. The highest BCUT2D eigenvalue weighted by Gasteiger charge is 2.46. The summed E-state index contributed by atoms with van der Waals surface area (Å²) in [6.07, 6.45) is -0.173. The Kier molecular flexibility index (Phi) is 10.0. The molecule has 0 saturated carbocycles. The van der Waals surface area contributed by atoms with Crippen molar-refractivity contribution in [1.82, 2.24) is 4.90 Å². The Balaban J connectivity index is 1.55. The monoisotopic (exact) mass is 592 g/mol. The number of benzene rings is 2. The molecule has 11 nitrogen and oxygen atoms in total. The quantitative estimate of drug-likeness (QED) is 0.191. The van der Waals surface area contributed by atoms with Crippen molar-refractivity contribution in [1.29, 1.82) is 0 Å². The minimum Gasteiger partial charge on any atom is -0.493 e. The second-order valence-corrected chi connectivity index (χ2v) is 11.4. The maximum atomic E-state index is 13.7. The third-order valence-electron chi connectivity index (χ3n) is 7.63. The van der Waals surface area contributed by atoms with Crippen LogP contribution in [0.2, 0.25) is 0 Å². The topological polar surface area (TPSA) is 138 Å². The van der Waals surface area contributed by atoms with Crippen LogP contribution < -0.4 is 19.6 Å². The van der Waals surface area contributed by atoms with Crippen LogP contribution in [0.1, 0.15) is 56.0 Å². The molecule has 43 heavy (non-hydrogen) atoms. The summed E-state index contributed by atoms with van der Waals surface area (Å²) in [4.78, 5) is 42.1. The molecule has 2 aromatic carbocycles. The van der Waals surface area contributed by atoms with Gasteiger partial charge in [0.1, 0.15) is 12.3 Å². The molecule has 0 aromatic heterocycles. The average molecular weight is 592 g/mol. The van der Waals surface area contributed by atoms with Crippen LogP contribution in [0, 0.1) is 5.41 Å². The standard InChI is InChI=1S/C31H39BN3O8/c1-6-7-12-42-26-15-23-22(14-25(26)41-5)27(37)34-16-19(2)13-24(34)28(38)35(23)30(40)43-17-20-8-10-21(11-9-20)33-32-29(39)31(3,4)18-36/h8-11,14-15,24,28,33,36,38H,2,6-7,12-13,16-18H2,1,3-5H3/t24-,28-/m0/s1. The molecule has 0 aliphatic carbocycles. The second kappa shape index (κ2) is 13.5. The summed E-state index contributed by atoms with van der Waals surface area (Å²) in [6.45, 7) is 9.63. The lowest BCUT2D eigenvalue weighted by atomic mass is 9.71. The molecule has 1 radical (unpaired) electrons. The van der Waals surface area contributed by atoms with Gasteiger partial charge in [-0.15, -0.1) is 0 Å². The first-order valence-electron chi connectivity index (χ1n) is 14.3. The van der Waals surface area contributed by atoms with E-state index < -0.39 is 23.8 Å². The Bertz CT molecular complexity index is 1360. The Morgan fingerprint density at radius 1 is 1.19 bits per heavy atom. The minimum absolute atomic E-state index is 0.108. The van der Waals surface area contributed by atoms with E-state index in [9.17, 15) is 24.6 Å². The van der Waals surface area contributed by atoms with E-state index in [2.05, 4.69) is 11.8 Å². The number of ether oxygens (including phenoxy) is 3. The van der Waals surface area contributed by atoms with Crippen molar-refractivity contribution in [3.63, 3.8) is 0 Å². The van der Waals surface area contributed by atoms with Gasteiger partial charge in [-0.3, -0.25) is 4.79 Å². The highest BCUT2D eigenvalue weighted by Crippen LogP contribution is 2.42. The molecule has 0 spiro atoms. The molecule has 2 aliphatic rings. The fourth-order valence-corrected chi connectivity index (χ4v) is 4.85. The molecule has 0 bridgehead atoms. The van der Waals surface area contributed by atoms with Gasteiger partial charge in [-0.25, -0.2) is 9.69 Å². The summed E-state index contributed by atoms with van der Waals surface area (Å²) in [6, 6.07) is 9.28. The summed E-state index contributed by atoms with van der Waals surface area (Å²) in [5.74, 6) is 0.335. The minimum atomic E-state index is -1.39. The fraction of sp³-hybridized carbons (Fsp3) is 0.452. The van der Waals surface area contributed by atoms with Gasteiger partial charge < -0.3 is 39.3 Å². The number of carbonyl (C=O) groups is 3. The number of nitrogens with zero attached hydrogens (tertiary/aromatic N) is 2. The van der Waals surface area contributed by atoms with Gasteiger partial charge >= 0.3 is 13.5 Å². The number of rotatable bonds is 12. The molecule has 0 unspecified atom stereocenters. The number of nitrogens with one attached hydrogen (secondary N) is 1. The SMILES string of the molecule is C=C1C[C@H]2[C@H](O)N(C(=O)OCc3ccc(N[B]C(=O)C(C)(C)CO)cc3)c3cc(OCCCC)c(OC)cc3C(=O)N2C1. The number of amides is 2. The maximum Gasteiger partial charge on any atom is 0.416 e. The van der Waals surface area contributed by atoms with E-state index >= 15 is 0 Å². The molecule has 1 saturated heterocycles. The van der Waals surface area contributed by atoms with Gasteiger partial charge in [-0.1, -0.05) is 51.5 Å². The van der Waals surface area contributed by atoms with Gasteiger partial charge in [0, 0.05) is 23.7 Å². The second-order valence-electron chi connectivity index (χ2n) is 11.4. The lowest BCUT2D eigenvalue weighted by Crippen LogP contribution is -2.50. The van der Waals surface area contributed by atoms with Crippen LogP contribution in [0.25, 0.3) is 0 Å².